The Kier molecular flexibility index (Phi) is 3.97. The Morgan fingerprint density at radius 1 is 1.30 bits per heavy atom. The second-order valence-electron chi connectivity index (χ2n) is 5.26. The molecule has 2 heterocycles. The minimum atomic E-state index is -0.577. The van der Waals surface area contributed by atoms with Gasteiger partial charge in [-0.1, -0.05) is 12.1 Å². The van der Waals surface area contributed by atoms with E-state index in [-0.39, 0.29) is 12.5 Å². The summed E-state index contributed by atoms with van der Waals surface area (Å²) in [7, 11) is 0. The topological polar surface area (TPSA) is 68.3 Å². The van der Waals surface area contributed by atoms with Gasteiger partial charge in [0.15, 0.2) is 11.2 Å². The van der Waals surface area contributed by atoms with Gasteiger partial charge >= 0.3 is 5.76 Å². The first-order valence-corrected chi connectivity index (χ1v) is 7.41. The van der Waals surface area contributed by atoms with Crippen molar-refractivity contribution in [2.24, 2.45) is 0 Å². The van der Waals surface area contributed by atoms with Gasteiger partial charge in [0, 0.05) is 18.4 Å². The van der Waals surface area contributed by atoms with E-state index in [4.69, 9.17) is 4.42 Å². The molecule has 23 heavy (non-hydrogen) atoms. The van der Waals surface area contributed by atoms with Crippen LogP contribution in [0, 0.1) is 6.92 Å². The van der Waals surface area contributed by atoms with Crippen LogP contribution in [0.5, 0.6) is 0 Å². The second-order valence-corrected chi connectivity index (χ2v) is 5.26. The van der Waals surface area contributed by atoms with Crippen LogP contribution in [0.3, 0.4) is 0 Å². The van der Waals surface area contributed by atoms with Crippen LogP contribution in [-0.2, 0) is 11.3 Å². The molecule has 2 aromatic heterocycles. The van der Waals surface area contributed by atoms with E-state index in [1.807, 2.05) is 38.1 Å². The Morgan fingerprint density at radius 3 is 2.87 bits per heavy atom. The van der Waals surface area contributed by atoms with Crippen LogP contribution in [0.2, 0.25) is 0 Å². The fraction of sp³-hybridized carbons (Fsp3) is 0.235. The van der Waals surface area contributed by atoms with E-state index >= 15 is 0 Å². The Bertz CT molecular complexity index is 911. The summed E-state index contributed by atoms with van der Waals surface area (Å²) in [6, 6.07) is 11.0. The SMILES string of the molecule is CCN(C(=O)Cn1c(=O)oc2cccnc21)c1cccc(C)c1. The highest BCUT2D eigenvalue weighted by Crippen LogP contribution is 2.17. The number of benzene rings is 1. The summed E-state index contributed by atoms with van der Waals surface area (Å²) in [6.45, 7) is 4.28. The van der Waals surface area contributed by atoms with E-state index in [9.17, 15) is 9.59 Å². The fourth-order valence-electron chi connectivity index (χ4n) is 2.56. The third kappa shape index (κ3) is 2.88. The molecule has 0 spiro atoms. The zero-order valence-corrected chi connectivity index (χ0v) is 13.0. The molecule has 0 bridgehead atoms. The number of nitrogens with zero attached hydrogens (tertiary/aromatic N) is 3. The molecule has 0 unspecified atom stereocenters. The summed E-state index contributed by atoms with van der Waals surface area (Å²) in [5, 5.41) is 0. The van der Waals surface area contributed by atoms with Gasteiger partial charge in [0.05, 0.1) is 0 Å². The number of fused-ring (bicyclic) bond motifs is 1. The average molecular weight is 311 g/mol. The molecule has 3 aromatic rings. The monoisotopic (exact) mass is 311 g/mol. The summed E-state index contributed by atoms with van der Waals surface area (Å²) >= 11 is 0. The number of hydrogen-bond donors (Lipinski definition) is 0. The smallest absolute Gasteiger partial charge is 0.406 e. The molecule has 0 atom stereocenters. The van der Waals surface area contributed by atoms with Crippen LogP contribution in [-0.4, -0.2) is 22.0 Å². The maximum atomic E-state index is 12.6. The van der Waals surface area contributed by atoms with E-state index in [1.165, 1.54) is 4.57 Å². The molecule has 0 aliphatic rings. The highest BCUT2D eigenvalue weighted by atomic mass is 16.4. The zero-order chi connectivity index (χ0) is 16.4. The van der Waals surface area contributed by atoms with Gasteiger partial charge in [-0.2, -0.15) is 0 Å². The van der Waals surface area contributed by atoms with Gasteiger partial charge in [0.2, 0.25) is 5.91 Å². The molecule has 0 N–H and O–H groups in total. The summed E-state index contributed by atoms with van der Waals surface area (Å²) in [5.41, 5.74) is 2.64. The van der Waals surface area contributed by atoms with Crippen LogP contribution >= 0.6 is 0 Å². The van der Waals surface area contributed by atoms with Gasteiger partial charge in [0.25, 0.3) is 0 Å². The number of anilines is 1. The lowest BCUT2D eigenvalue weighted by atomic mass is 10.2. The second kappa shape index (κ2) is 6.08. The molecule has 0 radical (unpaired) electrons. The van der Waals surface area contributed by atoms with Crippen LogP contribution in [0.15, 0.2) is 51.8 Å². The molecule has 0 fully saturated rings. The quantitative estimate of drug-likeness (QED) is 0.741. The van der Waals surface area contributed by atoms with Crippen LogP contribution in [0.1, 0.15) is 12.5 Å². The van der Waals surface area contributed by atoms with Gasteiger partial charge in [0.1, 0.15) is 6.54 Å². The summed E-state index contributed by atoms with van der Waals surface area (Å²) < 4.78 is 6.37. The minimum absolute atomic E-state index is 0.107. The van der Waals surface area contributed by atoms with Crippen molar-refractivity contribution < 1.29 is 9.21 Å². The highest BCUT2D eigenvalue weighted by molar-refractivity contribution is 5.93. The molecule has 6 heteroatoms. The Labute approximate surface area is 133 Å². The van der Waals surface area contributed by atoms with Gasteiger partial charge < -0.3 is 9.32 Å². The van der Waals surface area contributed by atoms with Crippen LogP contribution in [0.4, 0.5) is 5.69 Å². The van der Waals surface area contributed by atoms with Crippen molar-refractivity contribution in [3.05, 3.63) is 58.7 Å². The van der Waals surface area contributed by atoms with Gasteiger partial charge in [-0.3, -0.25) is 4.79 Å². The first kappa shape index (κ1) is 15.0. The van der Waals surface area contributed by atoms with E-state index < -0.39 is 5.76 Å². The number of hydrogen-bond acceptors (Lipinski definition) is 4. The Morgan fingerprint density at radius 2 is 2.13 bits per heavy atom. The average Bonchev–Trinajstić information content (AvgIpc) is 2.84. The third-order valence-corrected chi connectivity index (χ3v) is 3.65. The molecule has 6 nitrogen and oxygen atoms in total. The number of aryl methyl sites for hydroxylation is 1. The third-order valence-electron chi connectivity index (χ3n) is 3.65. The van der Waals surface area contributed by atoms with Crippen LogP contribution < -0.4 is 10.7 Å². The molecule has 1 amide bonds. The van der Waals surface area contributed by atoms with Crippen molar-refractivity contribution in [3.8, 4) is 0 Å². The molecule has 3 rings (SSSR count). The largest absolute Gasteiger partial charge is 0.421 e. The number of carbonyl (C=O) groups is 1. The van der Waals surface area contributed by atoms with Crippen molar-refractivity contribution in [2.45, 2.75) is 20.4 Å². The first-order chi connectivity index (χ1) is 11.1. The van der Waals surface area contributed by atoms with E-state index in [0.29, 0.717) is 17.8 Å². The molecule has 0 saturated carbocycles. The summed E-state index contributed by atoms with van der Waals surface area (Å²) in [6.07, 6.45) is 1.57. The standard InChI is InChI=1S/C17H17N3O3/c1-3-19(13-7-4-6-12(2)10-13)15(21)11-20-16-14(23-17(20)22)8-5-9-18-16/h4-10H,3,11H2,1-2H3. The molecule has 1 aromatic carbocycles. The predicted molar refractivity (Wildman–Crippen MR) is 87.5 cm³/mol. The lowest BCUT2D eigenvalue weighted by Gasteiger charge is -2.21. The van der Waals surface area contributed by atoms with Crippen molar-refractivity contribution in [3.63, 3.8) is 0 Å². The first-order valence-electron chi connectivity index (χ1n) is 7.41. The Balaban J connectivity index is 1.93. The molecule has 0 saturated heterocycles. The number of pyridine rings is 1. The van der Waals surface area contributed by atoms with Crippen LogP contribution in [0.25, 0.3) is 11.2 Å². The number of carbonyl (C=O) groups excluding carboxylic acids is 1. The number of rotatable bonds is 4. The van der Waals surface area contributed by atoms with Crippen molar-refractivity contribution in [1.82, 2.24) is 9.55 Å². The number of aromatic nitrogens is 2. The van der Waals surface area contributed by atoms with Crippen molar-refractivity contribution >= 4 is 22.8 Å². The number of likely N-dealkylation sites (N-methyl/N-ethyl adjacent to an activating group) is 1. The van der Waals surface area contributed by atoms with E-state index in [0.717, 1.165) is 11.3 Å². The molecular weight excluding hydrogens is 294 g/mol. The number of oxazole rings is 1. The van der Waals surface area contributed by atoms with Crippen molar-refractivity contribution in [1.29, 1.82) is 0 Å². The molecule has 118 valence electrons. The minimum Gasteiger partial charge on any atom is -0.406 e. The van der Waals surface area contributed by atoms with E-state index in [2.05, 4.69) is 4.98 Å². The molecule has 0 aliphatic heterocycles. The fourth-order valence-corrected chi connectivity index (χ4v) is 2.56. The van der Waals surface area contributed by atoms with Gasteiger partial charge in [-0.05, 0) is 43.7 Å². The summed E-state index contributed by atoms with van der Waals surface area (Å²) in [4.78, 5) is 30.4. The molecular formula is C17H17N3O3. The maximum absolute atomic E-state index is 12.6. The maximum Gasteiger partial charge on any atom is 0.421 e. The lowest BCUT2D eigenvalue weighted by molar-refractivity contribution is -0.119. The van der Waals surface area contributed by atoms with Gasteiger partial charge in [-0.15, -0.1) is 0 Å². The number of amides is 1. The van der Waals surface area contributed by atoms with Crippen molar-refractivity contribution in [2.75, 3.05) is 11.4 Å². The zero-order valence-electron chi connectivity index (χ0n) is 13.0. The molecule has 0 aliphatic carbocycles. The van der Waals surface area contributed by atoms with Gasteiger partial charge in [-0.25, -0.2) is 14.3 Å². The normalized spacial score (nSPS) is 10.9. The highest BCUT2D eigenvalue weighted by Gasteiger charge is 2.18. The van der Waals surface area contributed by atoms with E-state index in [1.54, 1.807) is 23.2 Å². The Hall–Kier alpha value is -2.89. The predicted octanol–water partition coefficient (Wildman–Crippen LogP) is 2.35. The summed E-state index contributed by atoms with van der Waals surface area (Å²) in [5.74, 6) is -0.763. The lowest BCUT2D eigenvalue weighted by Crippen LogP contribution is -2.35.